The van der Waals surface area contributed by atoms with Crippen LogP contribution < -0.4 is 10.2 Å². The third-order valence-corrected chi connectivity index (χ3v) is 7.73. The Balaban J connectivity index is 1.45. The zero-order valence-corrected chi connectivity index (χ0v) is 17.6. The average molecular weight is 410 g/mol. The highest BCUT2D eigenvalue weighted by molar-refractivity contribution is 7.92. The molecule has 8 heteroatoms. The van der Waals surface area contributed by atoms with E-state index in [-0.39, 0.29) is 35.5 Å². The van der Waals surface area contributed by atoms with Gasteiger partial charge < -0.3 is 15.0 Å². The van der Waals surface area contributed by atoms with Crippen molar-refractivity contribution in [1.29, 1.82) is 0 Å². The second-order valence-corrected chi connectivity index (χ2v) is 10.4. The number of rotatable bonds is 7. The van der Waals surface area contributed by atoms with E-state index >= 15 is 0 Å². The molecule has 28 heavy (non-hydrogen) atoms. The van der Waals surface area contributed by atoms with Crippen LogP contribution in [-0.4, -0.2) is 55.6 Å². The lowest BCUT2D eigenvalue weighted by Gasteiger charge is -2.36. The zero-order valence-electron chi connectivity index (χ0n) is 16.8. The summed E-state index contributed by atoms with van der Waals surface area (Å²) in [5.74, 6) is 0.606. The van der Waals surface area contributed by atoms with E-state index in [4.69, 9.17) is 4.74 Å². The summed E-state index contributed by atoms with van der Waals surface area (Å²) in [5.41, 5.74) is 0.894. The maximum atomic E-state index is 12.2. The lowest BCUT2D eigenvalue weighted by molar-refractivity contribution is -0.120. The van der Waals surface area contributed by atoms with Crippen molar-refractivity contribution in [3.63, 3.8) is 0 Å². The van der Waals surface area contributed by atoms with Gasteiger partial charge in [-0.1, -0.05) is 18.9 Å². The van der Waals surface area contributed by atoms with Crippen LogP contribution in [0, 0.1) is 0 Å². The second-order valence-electron chi connectivity index (χ2n) is 7.99. The van der Waals surface area contributed by atoms with Crippen molar-refractivity contribution in [2.24, 2.45) is 0 Å². The minimum absolute atomic E-state index is 0.0217. The van der Waals surface area contributed by atoms with Crippen molar-refractivity contribution < 1.29 is 17.9 Å². The predicted octanol–water partition coefficient (Wildman–Crippen LogP) is 2.06. The van der Waals surface area contributed by atoms with E-state index in [0.29, 0.717) is 6.54 Å². The molecule has 156 valence electrons. The standard InChI is InChI=1S/C20H31N3O4S/c1-15-13-23(14-16(2)27-15)19-8-7-17(11-21-19)12-22-20(24)9-10-28(25,26)18-5-3-4-6-18/h7-8,11,15-16,18H,3-6,9-10,12-14H2,1-2H3,(H,22,24)/t15-,16-/m0/s1. The quantitative estimate of drug-likeness (QED) is 0.742. The van der Waals surface area contributed by atoms with E-state index in [9.17, 15) is 13.2 Å². The molecular formula is C20H31N3O4S. The van der Waals surface area contributed by atoms with Gasteiger partial charge in [-0.05, 0) is 38.3 Å². The van der Waals surface area contributed by atoms with Gasteiger partial charge in [-0.25, -0.2) is 13.4 Å². The van der Waals surface area contributed by atoms with Gasteiger partial charge in [-0.3, -0.25) is 4.79 Å². The molecule has 1 aliphatic heterocycles. The third kappa shape index (κ3) is 5.67. The van der Waals surface area contributed by atoms with Crippen molar-refractivity contribution in [3.05, 3.63) is 23.9 Å². The third-order valence-electron chi connectivity index (χ3n) is 5.47. The van der Waals surface area contributed by atoms with Crippen LogP contribution in [0.5, 0.6) is 0 Å². The van der Waals surface area contributed by atoms with Crippen LogP contribution in [0.2, 0.25) is 0 Å². The number of nitrogens with zero attached hydrogens (tertiary/aromatic N) is 2. The number of carbonyl (C=O) groups excluding carboxylic acids is 1. The summed E-state index contributed by atoms with van der Waals surface area (Å²) in [7, 11) is -3.15. The Morgan fingerprint density at radius 1 is 1.21 bits per heavy atom. The molecule has 1 aliphatic carbocycles. The van der Waals surface area contributed by atoms with Crippen LogP contribution in [0.25, 0.3) is 0 Å². The van der Waals surface area contributed by atoms with E-state index in [2.05, 4.69) is 29.0 Å². The number of hydrogen-bond donors (Lipinski definition) is 1. The van der Waals surface area contributed by atoms with Gasteiger partial charge in [0.25, 0.3) is 0 Å². The SMILES string of the molecule is C[C@H]1CN(c2ccc(CNC(=O)CCS(=O)(=O)C3CCCC3)cn2)C[C@H](C)O1. The number of amides is 1. The fraction of sp³-hybridized carbons (Fsp3) is 0.700. The van der Waals surface area contributed by atoms with Gasteiger partial charge >= 0.3 is 0 Å². The molecule has 1 amide bonds. The zero-order chi connectivity index (χ0) is 20.1. The second kappa shape index (κ2) is 9.22. The first kappa shape index (κ1) is 21.0. The number of pyridine rings is 1. The number of ether oxygens (including phenoxy) is 1. The van der Waals surface area contributed by atoms with E-state index in [1.54, 1.807) is 6.20 Å². The number of nitrogens with one attached hydrogen (secondary N) is 1. The highest BCUT2D eigenvalue weighted by Gasteiger charge is 2.28. The highest BCUT2D eigenvalue weighted by atomic mass is 32.2. The first-order valence-electron chi connectivity index (χ1n) is 10.2. The largest absolute Gasteiger partial charge is 0.372 e. The molecule has 7 nitrogen and oxygen atoms in total. The van der Waals surface area contributed by atoms with Gasteiger partial charge in [-0.2, -0.15) is 0 Å². The smallest absolute Gasteiger partial charge is 0.221 e. The van der Waals surface area contributed by atoms with E-state index in [0.717, 1.165) is 50.2 Å². The van der Waals surface area contributed by atoms with E-state index < -0.39 is 9.84 Å². The molecule has 1 N–H and O–H groups in total. The maximum absolute atomic E-state index is 12.2. The molecule has 0 aromatic carbocycles. The molecule has 1 saturated heterocycles. The molecule has 0 bridgehead atoms. The van der Waals surface area contributed by atoms with Gasteiger partial charge in [0.2, 0.25) is 5.91 Å². The molecule has 0 unspecified atom stereocenters. The van der Waals surface area contributed by atoms with Crippen LogP contribution in [-0.2, 0) is 25.9 Å². The summed E-state index contributed by atoms with van der Waals surface area (Å²) in [5, 5.41) is 2.55. The summed E-state index contributed by atoms with van der Waals surface area (Å²) >= 11 is 0. The normalized spacial score (nSPS) is 23.7. The van der Waals surface area contributed by atoms with Crippen molar-refractivity contribution in [2.45, 2.75) is 70.0 Å². The van der Waals surface area contributed by atoms with Gasteiger partial charge in [0, 0.05) is 32.3 Å². The van der Waals surface area contributed by atoms with E-state index in [1.807, 2.05) is 12.1 Å². The van der Waals surface area contributed by atoms with Crippen LogP contribution in [0.15, 0.2) is 18.3 Å². The first-order valence-corrected chi connectivity index (χ1v) is 11.9. The van der Waals surface area contributed by atoms with Crippen LogP contribution >= 0.6 is 0 Å². The van der Waals surface area contributed by atoms with Gasteiger partial charge in [0.05, 0.1) is 23.2 Å². The number of carbonyl (C=O) groups is 1. The molecule has 1 aromatic heterocycles. The van der Waals surface area contributed by atoms with Crippen molar-refractivity contribution in [1.82, 2.24) is 10.3 Å². The molecule has 2 fully saturated rings. The fourth-order valence-corrected chi connectivity index (χ4v) is 5.87. The summed E-state index contributed by atoms with van der Waals surface area (Å²) in [4.78, 5) is 18.8. The predicted molar refractivity (Wildman–Crippen MR) is 109 cm³/mol. The Labute approximate surface area is 167 Å². The fourth-order valence-electron chi connectivity index (χ4n) is 4.01. The van der Waals surface area contributed by atoms with Gasteiger partial charge in [0.15, 0.2) is 9.84 Å². The average Bonchev–Trinajstić information content (AvgIpc) is 3.20. The number of anilines is 1. The number of morpholine rings is 1. The monoisotopic (exact) mass is 409 g/mol. The Morgan fingerprint density at radius 2 is 1.89 bits per heavy atom. The topological polar surface area (TPSA) is 88.6 Å². The first-order chi connectivity index (χ1) is 13.3. The molecule has 0 spiro atoms. The highest BCUT2D eigenvalue weighted by Crippen LogP contribution is 2.25. The van der Waals surface area contributed by atoms with Gasteiger partial charge in [-0.15, -0.1) is 0 Å². The van der Waals surface area contributed by atoms with E-state index in [1.165, 1.54) is 0 Å². The van der Waals surface area contributed by atoms with Crippen molar-refractivity contribution in [2.75, 3.05) is 23.7 Å². The molecular weight excluding hydrogens is 378 g/mol. The summed E-state index contributed by atoms with van der Waals surface area (Å²) in [6.07, 6.45) is 5.55. The lowest BCUT2D eigenvalue weighted by Crippen LogP contribution is -2.45. The molecule has 3 rings (SSSR count). The summed E-state index contributed by atoms with van der Waals surface area (Å²) in [6, 6.07) is 3.90. The summed E-state index contributed by atoms with van der Waals surface area (Å²) in [6.45, 7) is 6.08. The minimum Gasteiger partial charge on any atom is -0.372 e. The Kier molecular flexibility index (Phi) is 6.93. The molecule has 0 radical (unpaired) electrons. The molecule has 1 aromatic rings. The molecule has 2 aliphatic rings. The number of sulfone groups is 1. The van der Waals surface area contributed by atoms with Crippen LogP contribution in [0.1, 0.15) is 51.5 Å². The summed E-state index contributed by atoms with van der Waals surface area (Å²) < 4.78 is 30.2. The molecule has 1 saturated carbocycles. The lowest BCUT2D eigenvalue weighted by atomic mass is 10.2. The van der Waals surface area contributed by atoms with Crippen molar-refractivity contribution >= 4 is 21.6 Å². The van der Waals surface area contributed by atoms with Crippen LogP contribution in [0.3, 0.4) is 0 Å². The Bertz CT molecular complexity index is 750. The molecule has 2 atom stereocenters. The number of aromatic nitrogens is 1. The minimum atomic E-state index is -3.15. The Morgan fingerprint density at radius 3 is 2.50 bits per heavy atom. The van der Waals surface area contributed by atoms with Crippen molar-refractivity contribution in [3.8, 4) is 0 Å². The molecule has 2 heterocycles. The number of hydrogen-bond acceptors (Lipinski definition) is 6. The Hall–Kier alpha value is -1.67. The maximum Gasteiger partial charge on any atom is 0.221 e. The van der Waals surface area contributed by atoms with Gasteiger partial charge in [0.1, 0.15) is 5.82 Å². The van der Waals surface area contributed by atoms with Crippen LogP contribution in [0.4, 0.5) is 5.82 Å².